The number of urea groups is 1. The number of benzene rings is 1. The van der Waals surface area contributed by atoms with E-state index in [9.17, 15) is 4.79 Å². The standard InChI is InChI=1S/C13H18N4O3/c14-12(17-19)10-3-1-2-9(6-10)7-15-13(18)16-11-4-5-20-8-11/h1-3,6,11,19H,4-5,7-8H2,(H2,14,17)(H2,15,16,18). The number of amides is 2. The highest BCUT2D eigenvalue weighted by Crippen LogP contribution is 2.05. The van der Waals surface area contributed by atoms with Crippen LogP contribution in [-0.4, -0.2) is 36.3 Å². The lowest BCUT2D eigenvalue weighted by Gasteiger charge is -2.12. The Balaban J connectivity index is 1.85. The number of ether oxygens (including phenoxy) is 1. The summed E-state index contributed by atoms with van der Waals surface area (Å²) in [7, 11) is 0. The summed E-state index contributed by atoms with van der Waals surface area (Å²) < 4.78 is 5.18. The Labute approximate surface area is 116 Å². The van der Waals surface area contributed by atoms with Crippen molar-refractivity contribution in [2.75, 3.05) is 13.2 Å². The van der Waals surface area contributed by atoms with Gasteiger partial charge in [-0.15, -0.1) is 0 Å². The molecule has 1 fully saturated rings. The third-order valence-electron chi connectivity index (χ3n) is 3.05. The summed E-state index contributed by atoms with van der Waals surface area (Å²) in [5.74, 6) is 0.0411. The van der Waals surface area contributed by atoms with E-state index in [1.807, 2.05) is 6.07 Å². The lowest BCUT2D eigenvalue weighted by atomic mass is 10.1. The smallest absolute Gasteiger partial charge is 0.315 e. The second kappa shape index (κ2) is 6.76. The molecule has 5 N–H and O–H groups in total. The number of oxime groups is 1. The Kier molecular flexibility index (Phi) is 4.78. The molecule has 7 heteroatoms. The van der Waals surface area contributed by atoms with Crippen LogP contribution in [0.1, 0.15) is 17.5 Å². The summed E-state index contributed by atoms with van der Waals surface area (Å²) in [5.41, 5.74) is 6.99. The predicted molar refractivity (Wildman–Crippen MR) is 73.5 cm³/mol. The van der Waals surface area contributed by atoms with Gasteiger partial charge in [-0.25, -0.2) is 4.79 Å². The van der Waals surface area contributed by atoms with E-state index in [1.54, 1.807) is 18.2 Å². The zero-order valence-electron chi connectivity index (χ0n) is 11.0. The molecule has 0 bridgehead atoms. The van der Waals surface area contributed by atoms with Crippen LogP contribution in [0.4, 0.5) is 4.79 Å². The van der Waals surface area contributed by atoms with Gasteiger partial charge in [-0.1, -0.05) is 23.4 Å². The zero-order valence-corrected chi connectivity index (χ0v) is 11.0. The first-order valence-corrected chi connectivity index (χ1v) is 6.38. The van der Waals surface area contributed by atoms with Gasteiger partial charge in [-0.2, -0.15) is 0 Å². The fraction of sp³-hybridized carbons (Fsp3) is 0.385. The van der Waals surface area contributed by atoms with Gasteiger partial charge in [0.15, 0.2) is 5.84 Å². The molecule has 0 saturated carbocycles. The molecule has 2 rings (SSSR count). The van der Waals surface area contributed by atoms with Crippen LogP contribution in [-0.2, 0) is 11.3 Å². The van der Waals surface area contributed by atoms with Crippen molar-refractivity contribution in [3.05, 3.63) is 35.4 Å². The van der Waals surface area contributed by atoms with E-state index in [0.29, 0.717) is 25.3 Å². The minimum atomic E-state index is -0.227. The number of nitrogens with two attached hydrogens (primary N) is 1. The molecule has 1 aliphatic rings. The number of nitrogens with one attached hydrogen (secondary N) is 2. The molecule has 1 aliphatic heterocycles. The van der Waals surface area contributed by atoms with Gasteiger partial charge >= 0.3 is 6.03 Å². The highest BCUT2D eigenvalue weighted by atomic mass is 16.5. The fourth-order valence-electron chi connectivity index (χ4n) is 1.97. The second-order valence-corrected chi connectivity index (χ2v) is 4.57. The first-order chi connectivity index (χ1) is 9.69. The van der Waals surface area contributed by atoms with Crippen LogP contribution in [0.2, 0.25) is 0 Å². The third-order valence-corrected chi connectivity index (χ3v) is 3.05. The maximum atomic E-state index is 11.7. The molecule has 0 aliphatic carbocycles. The van der Waals surface area contributed by atoms with E-state index in [-0.39, 0.29) is 17.9 Å². The van der Waals surface area contributed by atoms with Gasteiger partial charge in [0.2, 0.25) is 0 Å². The lowest BCUT2D eigenvalue weighted by molar-refractivity contribution is 0.188. The minimum absolute atomic E-state index is 0.0411. The number of hydrogen-bond donors (Lipinski definition) is 4. The minimum Gasteiger partial charge on any atom is -0.409 e. The zero-order chi connectivity index (χ0) is 14.4. The van der Waals surface area contributed by atoms with Gasteiger partial charge < -0.3 is 26.3 Å². The Hall–Kier alpha value is -2.28. The molecule has 1 aromatic carbocycles. The Morgan fingerprint density at radius 3 is 3.10 bits per heavy atom. The van der Waals surface area contributed by atoms with Gasteiger partial charge in [0.05, 0.1) is 12.6 Å². The molecule has 0 radical (unpaired) electrons. The molecule has 20 heavy (non-hydrogen) atoms. The molecule has 1 unspecified atom stereocenters. The Morgan fingerprint density at radius 2 is 2.40 bits per heavy atom. The van der Waals surface area contributed by atoms with Crippen molar-refractivity contribution >= 4 is 11.9 Å². The average molecular weight is 278 g/mol. The molecule has 7 nitrogen and oxygen atoms in total. The molecule has 1 heterocycles. The highest BCUT2D eigenvalue weighted by Gasteiger charge is 2.17. The quantitative estimate of drug-likeness (QED) is 0.276. The van der Waals surface area contributed by atoms with Crippen LogP contribution >= 0.6 is 0 Å². The van der Waals surface area contributed by atoms with Gasteiger partial charge in [0.1, 0.15) is 0 Å². The van der Waals surface area contributed by atoms with Gasteiger partial charge in [-0.05, 0) is 18.1 Å². The van der Waals surface area contributed by atoms with E-state index in [1.165, 1.54) is 0 Å². The van der Waals surface area contributed by atoms with Crippen LogP contribution in [0.15, 0.2) is 29.4 Å². The number of carbonyl (C=O) groups is 1. The SMILES string of the molecule is N/C(=N/O)c1cccc(CNC(=O)NC2CCOC2)c1. The summed E-state index contributed by atoms with van der Waals surface area (Å²) >= 11 is 0. The summed E-state index contributed by atoms with van der Waals surface area (Å²) in [5, 5.41) is 17.2. The average Bonchev–Trinajstić information content (AvgIpc) is 2.97. The largest absolute Gasteiger partial charge is 0.409 e. The van der Waals surface area contributed by atoms with Crippen LogP contribution in [0.3, 0.4) is 0 Å². The monoisotopic (exact) mass is 278 g/mol. The van der Waals surface area contributed by atoms with Crippen molar-refractivity contribution < 1.29 is 14.7 Å². The Bertz CT molecular complexity index is 498. The normalized spacial score (nSPS) is 18.8. The summed E-state index contributed by atoms with van der Waals surface area (Å²) in [6.45, 7) is 1.62. The molecule has 0 spiro atoms. The van der Waals surface area contributed by atoms with Crippen molar-refractivity contribution in [3.8, 4) is 0 Å². The Morgan fingerprint density at radius 1 is 1.55 bits per heavy atom. The van der Waals surface area contributed by atoms with Gasteiger partial charge in [0.25, 0.3) is 0 Å². The number of amidine groups is 1. The van der Waals surface area contributed by atoms with E-state index in [2.05, 4.69) is 15.8 Å². The van der Waals surface area contributed by atoms with Crippen LogP contribution in [0.5, 0.6) is 0 Å². The van der Waals surface area contributed by atoms with Crippen molar-refractivity contribution in [3.63, 3.8) is 0 Å². The molecule has 0 aromatic heterocycles. The molecule has 1 saturated heterocycles. The topological polar surface area (TPSA) is 109 Å². The predicted octanol–water partition coefficient (Wildman–Crippen LogP) is 0.369. The molecular formula is C13H18N4O3. The van der Waals surface area contributed by atoms with Crippen molar-refractivity contribution in [2.45, 2.75) is 19.0 Å². The highest BCUT2D eigenvalue weighted by molar-refractivity contribution is 5.97. The van der Waals surface area contributed by atoms with Crippen molar-refractivity contribution in [2.24, 2.45) is 10.9 Å². The first-order valence-electron chi connectivity index (χ1n) is 6.38. The van der Waals surface area contributed by atoms with Crippen LogP contribution in [0, 0.1) is 0 Å². The van der Waals surface area contributed by atoms with E-state index < -0.39 is 0 Å². The van der Waals surface area contributed by atoms with Crippen molar-refractivity contribution in [1.29, 1.82) is 0 Å². The van der Waals surface area contributed by atoms with Crippen LogP contribution < -0.4 is 16.4 Å². The maximum Gasteiger partial charge on any atom is 0.315 e. The number of nitrogens with zero attached hydrogens (tertiary/aromatic N) is 1. The van der Waals surface area contributed by atoms with Gasteiger partial charge in [-0.3, -0.25) is 0 Å². The molecule has 1 aromatic rings. The van der Waals surface area contributed by atoms with Crippen molar-refractivity contribution in [1.82, 2.24) is 10.6 Å². The fourth-order valence-corrected chi connectivity index (χ4v) is 1.97. The molecule has 1 atom stereocenters. The third kappa shape index (κ3) is 3.86. The molecular weight excluding hydrogens is 260 g/mol. The second-order valence-electron chi connectivity index (χ2n) is 4.57. The number of carbonyl (C=O) groups excluding carboxylic acids is 1. The summed E-state index contributed by atoms with van der Waals surface area (Å²) in [6, 6.07) is 6.98. The summed E-state index contributed by atoms with van der Waals surface area (Å²) in [6.07, 6.45) is 0.840. The molecule has 108 valence electrons. The van der Waals surface area contributed by atoms with E-state index in [4.69, 9.17) is 15.7 Å². The number of hydrogen-bond acceptors (Lipinski definition) is 4. The first kappa shape index (κ1) is 14.1. The number of rotatable bonds is 4. The van der Waals surface area contributed by atoms with Crippen LogP contribution in [0.25, 0.3) is 0 Å². The lowest BCUT2D eigenvalue weighted by Crippen LogP contribution is -2.42. The molecule has 2 amide bonds. The van der Waals surface area contributed by atoms with E-state index in [0.717, 1.165) is 12.0 Å². The van der Waals surface area contributed by atoms with E-state index >= 15 is 0 Å². The van der Waals surface area contributed by atoms with Gasteiger partial charge in [0, 0.05) is 18.7 Å². The summed E-state index contributed by atoms with van der Waals surface area (Å²) in [4.78, 5) is 11.7. The maximum absolute atomic E-state index is 11.7.